The molecule has 3 nitrogen and oxygen atoms in total. The monoisotopic (exact) mass is 261 g/mol. The van der Waals surface area contributed by atoms with Crippen LogP contribution in [0.4, 0.5) is 0 Å². The van der Waals surface area contributed by atoms with Crippen molar-refractivity contribution in [2.75, 3.05) is 0 Å². The fraction of sp³-hybridized carbons (Fsp3) is 0.875. The van der Waals surface area contributed by atoms with Crippen LogP contribution in [0.25, 0.3) is 0 Å². The molecule has 1 aliphatic carbocycles. The molecule has 3 rings (SSSR count). The predicted octanol–water partition coefficient (Wildman–Crippen LogP) is 2.94. The molecule has 1 saturated carbocycles. The Hall–Kier alpha value is -0.880. The third-order valence-electron chi connectivity index (χ3n) is 5.98. The van der Waals surface area contributed by atoms with Crippen molar-refractivity contribution in [2.24, 2.45) is 29.1 Å². The minimum absolute atomic E-state index is 0.0541. The molecule has 3 fully saturated rings. The topological polar surface area (TPSA) is 50.1 Å². The lowest BCUT2D eigenvalue weighted by atomic mass is 9.71. The van der Waals surface area contributed by atoms with Crippen LogP contribution in [0.3, 0.4) is 0 Å². The molecule has 104 valence electrons. The van der Waals surface area contributed by atoms with Crippen molar-refractivity contribution in [2.45, 2.75) is 58.7 Å². The van der Waals surface area contributed by atoms with Gasteiger partial charge in [0.15, 0.2) is 0 Å². The minimum Gasteiger partial charge on any atom is -0.371 e. The molecule has 0 N–H and O–H groups in total. The first kappa shape index (κ1) is 13.1. The first-order valence-corrected chi connectivity index (χ1v) is 7.41. The smallest absolute Gasteiger partial charge is 0.143 e. The van der Waals surface area contributed by atoms with Gasteiger partial charge in [-0.3, -0.25) is 4.79 Å². The highest BCUT2D eigenvalue weighted by Gasteiger charge is 2.62. The average molecular weight is 261 g/mol. The standard InChI is InChI=1S/C16H23NO2/c1-9-12-5-6-16(4,19-12)10-7-15(2,3)11(8-17)13(10)14(9)18/h9-13H,5-7H2,1-4H3/t9-,10+,11-,12-,13+,16+/m0/s1. The van der Waals surface area contributed by atoms with Gasteiger partial charge in [0.2, 0.25) is 0 Å². The number of hydrogen-bond acceptors (Lipinski definition) is 3. The number of ketones is 1. The molecular formula is C16H23NO2. The Bertz CT molecular complexity index is 464. The van der Waals surface area contributed by atoms with Crippen molar-refractivity contribution >= 4 is 5.78 Å². The number of carbonyl (C=O) groups is 1. The van der Waals surface area contributed by atoms with E-state index in [0.29, 0.717) is 0 Å². The second-order valence-corrected chi connectivity index (χ2v) is 7.63. The summed E-state index contributed by atoms with van der Waals surface area (Å²) < 4.78 is 6.26. The van der Waals surface area contributed by atoms with Gasteiger partial charge in [0.1, 0.15) is 5.78 Å². The summed E-state index contributed by atoms with van der Waals surface area (Å²) in [5, 5.41) is 9.55. The van der Waals surface area contributed by atoms with Crippen LogP contribution in [-0.4, -0.2) is 17.5 Å². The van der Waals surface area contributed by atoms with Crippen LogP contribution in [0.1, 0.15) is 47.0 Å². The highest BCUT2D eigenvalue weighted by Crippen LogP contribution is 2.59. The number of carbonyl (C=O) groups excluding carboxylic acids is 1. The van der Waals surface area contributed by atoms with Gasteiger partial charge in [0, 0.05) is 11.8 Å². The molecule has 2 heterocycles. The predicted molar refractivity (Wildman–Crippen MR) is 71.2 cm³/mol. The number of Topliss-reactive ketones (excluding diaryl/α,β-unsaturated/α-hetero) is 1. The van der Waals surface area contributed by atoms with E-state index in [1.165, 1.54) is 0 Å². The van der Waals surface area contributed by atoms with E-state index in [4.69, 9.17) is 4.74 Å². The molecule has 0 aromatic heterocycles. The van der Waals surface area contributed by atoms with Gasteiger partial charge in [-0.1, -0.05) is 20.8 Å². The number of ether oxygens (including phenoxy) is 1. The van der Waals surface area contributed by atoms with E-state index in [1.54, 1.807) is 0 Å². The van der Waals surface area contributed by atoms with Gasteiger partial charge in [-0.15, -0.1) is 0 Å². The Morgan fingerprint density at radius 3 is 2.68 bits per heavy atom. The molecule has 2 bridgehead atoms. The molecule has 19 heavy (non-hydrogen) atoms. The lowest BCUT2D eigenvalue weighted by molar-refractivity contribution is -0.129. The lowest BCUT2D eigenvalue weighted by Gasteiger charge is -2.33. The summed E-state index contributed by atoms with van der Waals surface area (Å²) in [6.07, 6.45) is 3.03. The van der Waals surface area contributed by atoms with Gasteiger partial charge in [0.05, 0.1) is 23.7 Å². The third-order valence-corrected chi connectivity index (χ3v) is 5.98. The zero-order valence-corrected chi connectivity index (χ0v) is 12.3. The summed E-state index contributed by atoms with van der Waals surface area (Å²) in [5.74, 6) is 0.157. The summed E-state index contributed by atoms with van der Waals surface area (Å²) in [4.78, 5) is 12.8. The van der Waals surface area contributed by atoms with Crippen LogP contribution in [0.15, 0.2) is 0 Å². The molecule has 0 unspecified atom stereocenters. The molecule has 0 aromatic carbocycles. The fourth-order valence-corrected chi connectivity index (χ4v) is 4.76. The molecular weight excluding hydrogens is 238 g/mol. The fourth-order valence-electron chi connectivity index (χ4n) is 4.76. The minimum atomic E-state index is -0.196. The Labute approximate surface area is 115 Å². The third kappa shape index (κ3) is 1.62. The summed E-state index contributed by atoms with van der Waals surface area (Å²) in [6, 6.07) is 2.43. The van der Waals surface area contributed by atoms with Crippen LogP contribution < -0.4 is 0 Å². The Balaban J connectivity index is 2.08. The Morgan fingerprint density at radius 2 is 2.05 bits per heavy atom. The molecule has 0 spiro atoms. The average Bonchev–Trinajstić information content (AvgIpc) is 2.84. The van der Waals surface area contributed by atoms with Crippen molar-refractivity contribution in [1.29, 1.82) is 5.26 Å². The molecule has 6 atom stereocenters. The van der Waals surface area contributed by atoms with E-state index in [9.17, 15) is 10.1 Å². The highest BCUT2D eigenvalue weighted by molar-refractivity contribution is 5.85. The maximum Gasteiger partial charge on any atom is 0.143 e. The number of fused-ring (bicyclic) bond motifs is 4. The number of nitrogens with zero attached hydrogens (tertiary/aromatic N) is 1. The zero-order chi connectivity index (χ0) is 14.0. The summed E-state index contributed by atoms with van der Waals surface area (Å²) in [6.45, 7) is 8.40. The maximum absolute atomic E-state index is 12.8. The van der Waals surface area contributed by atoms with Crippen LogP contribution in [0.5, 0.6) is 0 Å². The lowest BCUT2D eigenvalue weighted by Crippen LogP contribution is -2.39. The van der Waals surface area contributed by atoms with Crippen molar-refractivity contribution < 1.29 is 9.53 Å². The normalized spacial score (nSPS) is 51.5. The van der Waals surface area contributed by atoms with Crippen LogP contribution in [-0.2, 0) is 9.53 Å². The van der Waals surface area contributed by atoms with Crippen LogP contribution in [0.2, 0.25) is 0 Å². The summed E-state index contributed by atoms with van der Waals surface area (Å²) in [7, 11) is 0. The Kier molecular flexibility index (Phi) is 2.64. The number of hydrogen-bond donors (Lipinski definition) is 0. The van der Waals surface area contributed by atoms with E-state index in [0.717, 1.165) is 19.3 Å². The van der Waals surface area contributed by atoms with Crippen LogP contribution in [0, 0.1) is 40.4 Å². The number of rotatable bonds is 0. The van der Waals surface area contributed by atoms with E-state index >= 15 is 0 Å². The second-order valence-electron chi connectivity index (χ2n) is 7.63. The number of nitriles is 1. The molecule has 2 saturated heterocycles. The summed E-state index contributed by atoms with van der Waals surface area (Å²) in [5.41, 5.74) is -0.278. The Morgan fingerprint density at radius 1 is 1.37 bits per heavy atom. The largest absolute Gasteiger partial charge is 0.371 e. The van der Waals surface area contributed by atoms with E-state index < -0.39 is 0 Å². The van der Waals surface area contributed by atoms with Crippen molar-refractivity contribution in [3.05, 3.63) is 0 Å². The van der Waals surface area contributed by atoms with Gasteiger partial charge in [-0.2, -0.15) is 5.26 Å². The van der Waals surface area contributed by atoms with Gasteiger partial charge >= 0.3 is 0 Å². The first-order chi connectivity index (χ1) is 8.80. The van der Waals surface area contributed by atoms with E-state index in [2.05, 4.69) is 26.8 Å². The van der Waals surface area contributed by atoms with Gasteiger partial charge in [-0.25, -0.2) is 0 Å². The molecule has 0 aromatic rings. The zero-order valence-electron chi connectivity index (χ0n) is 12.3. The van der Waals surface area contributed by atoms with Gasteiger partial charge < -0.3 is 4.74 Å². The molecule has 3 heteroatoms. The summed E-state index contributed by atoms with van der Waals surface area (Å²) >= 11 is 0. The van der Waals surface area contributed by atoms with E-state index in [1.807, 2.05) is 6.92 Å². The SMILES string of the molecule is C[C@@H]1C(=O)[C@@H]2[C@@H](CC(C)(C)[C@H]2C#N)[C@@]2(C)CC[C@@H]1O2. The van der Waals surface area contributed by atoms with Crippen molar-refractivity contribution in [3.63, 3.8) is 0 Å². The van der Waals surface area contributed by atoms with Gasteiger partial charge in [0.25, 0.3) is 0 Å². The van der Waals surface area contributed by atoms with Crippen molar-refractivity contribution in [1.82, 2.24) is 0 Å². The first-order valence-electron chi connectivity index (χ1n) is 7.41. The highest BCUT2D eigenvalue weighted by atomic mass is 16.5. The van der Waals surface area contributed by atoms with Crippen molar-refractivity contribution in [3.8, 4) is 6.07 Å². The molecule has 0 radical (unpaired) electrons. The molecule has 3 aliphatic rings. The molecule has 0 amide bonds. The maximum atomic E-state index is 12.8. The molecule has 2 aliphatic heterocycles. The van der Waals surface area contributed by atoms with E-state index in [-0.39, 0.29) is 46.6 Å². The van der Waals surface area contributed by atoms with Crippen LogP contribution >= 0.6 is 0 Å². The quantitative estimate of drug-likeness (QED) is 0.673. The van der Waals surface area contributed by atoms with Gasteiger partial charge in [-0.05, 0) is 37.5 Å². The second kappa shape index (κ2) is 3.82.